The topological polar surface area (TPSA) is 75.6 Å². The normalized spacial score (nSPS) is 11.3. The predicted octanol–water partition coefficient (Wildman–Crippen LogP) is 4.57. The molecular weight excluding hydrogens is 400 g/mol. The molecule has 0 saturated carbocycles. The number of hydrogen-bond donors (Lipinski definition) is 2. The SMILES string of the molecule is Cn1ncc2c(F)c(C(=O)Nc3ccc4n[nH]c(Cc5ccccc5)c4c3)c(F)cc21. The molecule has 31 heavy (non-hydrogen) atoms. The molecule has 5 rings (SSSR count). The van der Waals surface area contributed by atoms with Gasteiger partial charge in [0, 0.05) is 36.3 Å². The zero-order valence-corrected chi connectivity index (χ0v) is 16.5. The van der Waals surface area contributed by atoms with Crippen molar-refractivity contribution in [1.82, 2.24) is 20.0 Å². The van der Waals surface area contributed by atoms with Gasteiger partial charge in [-0.1, -0.05) is 30.3 Å². The maximum absolute atomic E-state index is 14.8. The summed E-state index contributed by atoms with van der Waals surface area (Å²) in [5.41, 5.74) is 2.77. The van der Waals surface area contributed by atoms with E-state index in [1.54, 1.807) is 25.2 Å². The number of carbonyl (C=O) groups excluding carboxylic acids is 1. The Morgan fingerprint density at radius 3 is 2.71 bits per heavy atom. The average molecular weight is 417 g/mol. The van der Waals surface area contributed by atoms with Crippen LogP contribution in [0, 0.1) is 11.6 Å². The second-order valence-corrected chi connectivity index (χ2v) is 7.30. The molecule has 2 N–H and O–H groups in total. The number of halogens is 2. The Labute approximate surface area is 175 Å². The average Bonchev–Trinajstić information content (AvgIpc) is 3.32. The minimum Gasteiger partial charge on any atom is -0.322 e. The van der Waals surface area contributed by atoms with E-state index in [0.717, 1.165) is 28.2 Å². The summed E-state index contributed by atoms with van der Waals surface area (Å²) >= 11 is 0. The number of aromatic nitrogens is 4. The van der Waals surface area contributed by atoms with Crippen molar-refractivity contribution in [2.75, 3.05) is 5.32 Å². The van der Waals surface area contributed by atoms with Gasteiger partial charge in [-0.25, -0.2) is 8.78 Å². The number of aromatic amines is 1. The van der Waals surface area contributed by atoms with Gasteiger partial charge in [-0.15, -0.1) is 0 Å². The van der Waals surface area contributed by atoms with Crippen molar-refractivity contribution < 1.29 is 13.6 Å². The fraction of sp³-hybridized carbons (Fsp3) is 0.0870. The molecule has 8 heteroatoms. The third kappa shape index (κ3) is 3.31. The molecule has 3 aromatic carbocycles. The summed E-state index contributed by atoms with van der Waals surface area (Å²) < 4.78 is 30.7. The Morgan fingerprint density at radius 2 is 1.90 bits per heavy atom. The molecule has 0 aliphatic heterocycles. The molecule has 5 aromatic rings. The lowest BCUT2D eigenvalue weighted by atomic mass is 10.1. The Bertz CT molecular complexity index is 1440. The van der Waals surface area contributed by atoms with Crippen LogP contribution < -0.4 is 5.32 Å². The van der Waals surface area contributed by atoms with Crippen LogP contribution in [0.3, 0.4) is 0 Å². The highest BCUT2D eigenvalue weighted by Gasteiger charge is 2.22. The van der Waals surface area contributed by atoms with Crippen molar-refractivity contribution in [3.05, 3.63) is 89.2 Å². The fourth-order valence-corrected chi connectivity index (χ4v) is 3.70. The van der Waals surface area contributed by atoms with Crippen LogP contribution >= 0.6 is 0 Å². The van der Waals surface area contributed by atoms with Crippen molar-refractivity contribution >= 4 is 33.4 Å². The minimum absolute atomic E-state index is 0.0875. The molecule has 0 unspecified atom stereocenters. The molecule has 0 aliphatic carbocycles. The molecule has 2 heterocycles. The first-order chi connectivity index (χ1) is 15.0. The number of carbonyl (C=O) groups is 1. The second-order valence-electron chi connectivity index (χ2n) is 7.30. The first-order valence-corrected chi connectivity index (χ1v) is 9.63. The van der Waals surface area contributed by atoms with Crippen LogP contribution in [0.1, 0.15) is 21.6 Å². The summed E-state index contributed by atoms with van der Waals surface area (Å²) in [6.07, 6.45) is 1.91. The van der Waals surface area contributed by atoms with Gasteiger partial charge in [-0.3, -0.25) is 14.6 Å². The van der Waals surface area contributed by atoms with Crippen LogP contribution in [0.5, 0.6) is 0 Å². The lowest BCUT2D eigenvalue weighted by Gasteiger charge is -2.09. The molecule has 0 aliphatic rings. The van der Waals surface area contributed by atoms with E-state index < -0.39 is 23.1 Å². The number of H-pyrrole nitrogens is 1. The molecule has 0 bridgehead atoms. The molecule has 0 fully saturated rings. The van der Waals surface area contributed by atoms with Crippen LogP contribution in [0.15, 0.2) is 60.8 Å². The molecule has 6 nitrogen and oxygen atoms in total. The summed E-state index contributed by atoms with van der Waals surface area (Å²) in [5.74, 6) is -2.75. The van der Waals surface area contributed by atoms with Crippen molar-refractivity contribution in [1.29, 1.82) is 0 Å². The number of rotatable bonds is 4. The third-order valence-corrected chi connectivity index (χ3v) is 5.28. The molecule has 0 radical (unpaired) electrons. The van der Waals surface area contributed by atoms with Crippen molar-refractivity contribution in [3.8, 4) is 0 Å². The standard InChI is InChI=1S/C23H17F2N5O/c1-30-20-11-17(24)21(22(25)16(20)12-26-30)23(31)27-14-7-8-18-15(10-14)19(29-28-18)9-13-5-3-2-4-6-13/h2-8,10-12H,9H2,1H3,(H,27,31)(H,28,29). The van der Waals surface area contributed by atoms with Crippen molar-refractivity contribution in [3.63, 3.8) is 0 Å². The van der Waals surface area contributed by atoms with Gasteiger partial charge in [0.15, 0.2) is 0 Å². The van der Waals surface area contributed by atoms with E-state index >= 15 is 0 Å². The van der Waals surface area contributed by atoms with Crippen molar-refractivity contribution in [2.24, 2.45) is 7.05 Å². The molecule has 2 aromatic heterocycles. The highest BCUT2D eigenvalue weighted by atomic mass is 19.1. The van der Waals surface area contributed by atoms with Crippen LogP contribution in [-0.4, -0.2) is 25.9 Å². The number of nitrogens with one attached hydrogen (secondary N) is 2. The van der Waals surface area contributed by atoms with Gasteiger partial charge in [0.05, 0.1) is 22.6 Å². The second kappa shape index (κ2) is 7.32. The number of aryl methyl sites for hydroxylation is 1. The molecule has 1 amide bonds. The van der Waals surface area contributed by atoms with E-state index in [1.165, 1.54) is 10.9 Å². The summed E-state index contributed by atoms with van der Waals surface area (Å²) in [7, 11) is 1.58. The number of amides is 1. The van der Waals surface area contributed by atoms with Gasteiger partial charge in [0.25, 0.3) is 5.91 Å². The Balaban J connectivity index is 1.47. The van der Waals surface area contributed by atoms with Crippen LogP contribution in [0.25, 0.3) is 21.8 Å². The van der Waals surface area contributed by atoms with Gasteiger partial charge in [-0.2, -0.15) is 10.2 Å². The van der Waals surface area contributed by atoms with E-state index in [4.69, 9.17) is 0 Å². The smallest absolute Gasteiger partial charge is 0.261 e. The van der Waals surface area contributed by atoms with Crippen molar-refractivity contribution in [2.45, 2.75) is 6.42 Å². The van der Waals surface area contributed by atoms with Gasteiger partial charge in [0.2, 0.25) is 0 Å². The number of fused-ring (bicyclic) bond motifs is 2. The third-order valence-electron chi connectivity index (χ3n) is 5.28. The van der Waals surface area contributed by atoms with Crippen LogP contribution in [0.4, 0.5) is 14.5 Å². The molecule has 154 valence electrons. The summed E-state index contributed by atoms with van der Waals surface area (Å²) in [5, 5.41) is 14.7. The van der Waals surface area contributed by atoms with Gasteiger partial charge in [-0.05, 0) is 23.8 Å². The quantitative estimate of drug-likeness (QED) is 0.450. The number of nitrogens with zero attached hydrogens (tertiary/aromatic N) is 3. The maximum atomic E-state index is 14.8. The van der Waals surface area contributed by atoms with Gasteiger partial charge >= 0.3 is 0 Å². The van der Waals surface area contributed by atoms with E-state index in [2.05, 4.69) is 20.6 Å². The Morgan fingerprint density at radius 1 is 1.10 bits per heavy atom. The van der Waals surface area contributed by atoms with E-state index in [-0.39, 0.29) is 10.9 Å². The maximum Gasteiger partial charge on any atom is 0.261 e. The Kier molecular flexibility index (Phi) is 4.47. The van der Waals surface area contributed by atoms with E-state index in [0.29, 0.717) is 12.1 Å². The molecular formula is C23H17F2N5O. The number of benzene rings is 3. The minimum atomic E-state index is -0.944. The summed E-state index contributed by atoms with van der Waals surface area (Å²) in [6, 6.07) is 16.1. The number of anilines is 1. The van der Waals surface area contributed by atoms with Crippen LogP contribution in [0.2, 0.25) is 0 Å². The predicted molar refractivity (Wildman–Crippen MR) is 114 cm³/mol. The summed E-state index contributed by atoms with van der Waals surface area (Å²) in [4.78, 5) is 12.7. The molecule has 0 saturated heterocycles. The molecule has 0 atom stereocenters. The highest BCUT2D eigenvalue weighted by Crippen LogP contribution is 2.26. The van der Waals surface area contributed by atoms with E-state index in [1.807, 2.05) is 30.3 Å². The molecule has 0 spiro atoms. The number of hydrogen-bond acceptors (Lipinski definition) is 3. The first kappa shape index (κ1) is 18.9. The van der Waals surface area contributed by atoms with Gasteiger partial charge in [0.1, 0.15) is 17.2 Å². The zero-order valence-electron chi connectivity index (χ0n) is 16.5. The van der Waals surface area contributed by atoms with Gasteiger partial charge < -0.3 is 5.32 Å². The lowest BCUT2D eigenvalue weighted by molar-refractivity contribution is 0.101. The summed E-state index contributed by atoms with van der Waals surface area (Å²) in [6.45, 7) is 0. The first-order valence-electron chi connectivity index (χ1n) is 9.63. The largest absolute Gasteiger partial charge is 0.322 e. The monoisotopic (exact) mass is 417 g/mol. The fourth-order valence-electron chi connectivity index (χ4n) is 3.70. The highest BCUT2D eigenvalue weighted by molar-refractivity contribution is 6.07. The lowest BCUT2D eigenvalue weighted by Crippen LogP contribution is -2.16. The van der Waals surface area contributed by atoms with E-state index in [9.17, 15) is 13.6 Å². The Hall–Kier alpha value is -4.07. The van der Waals surface area contributed by atoms with Crippen LogP contribution in [-0.2, 0) is 13.5 Å². The zero-order chi connectivity index (χ0) is 21.5.